The number of hydrogen-bond acceptors (Lipinski definition) is 7. The molecule has 0 saturated carbocycles. The van der Waals surface area contributed by atoms with Crippen molar-refractivity contribution in [3.8, 4) is 17.0 Å². The number of piperazine rings is 1. The highest BCUT2D eigenvalue weighted by atomic mass is 32.1. The van der Waals surface area contributed by atoms with E-state index in [1.807, 2.05) is 41.8 Å². The highest BCUT2D eigenvalue weighted by molar-refractivity contribution is 7.12. The summed E-state index contributed by atoms with van der Waals surface area (Å²) in [6.07, 6.45) is 0. The third-order valence-corrected chi connectivity index (χ3v) is 7.48. The van der Waals surface area contributed by atoms with E-state index in [1.54, 1.807) is 36.3 Å². The van der Waals surface area contributed by atoms with Crippen LogP contribution in [0.25, 0.3) is 11.3 Å². The lowest BCUT2D eigenvalue weighted by molar-refractivity contribution is -0.132. The van der Waals surface area contributed by atoms with Crippen LogP contribution in [-0.4, -0.2) is 71.6 Å². The molecule has 1 saturated heterocycles. The molecule has 1 aliphatic heterocycles. The molecule has 0 aliphatic carbocycles. The maximum atomic E-state index is 13.4. The van der Waals surface area contributed by atoms with Crippen molar-refractivity contribution >= 4 is 29.0 Å². The van der Waals surface area contributed by atoms with E-state index < -0.39 is 0 Å². The van der Waals surface area contributed by atoms with Crippen molar-refractivity contribution in [2.24, 2.45) is 0 Å². The molecule has 200 valence electrons. The molecule has 1 fully saturated rings. The Morgan fingerprint density at radius 2 is 1.69 bits per heavy atom. The monoisotopic (exact) mass is 545 g/mol. The lowest BCUT2D eigenvalue weighted by atomic mass is 10.1. The zero-order chi connectivity index (χ0) is 27.2. The van der Waals surface area contributed by atoms with Crippen LogP contribution in [0.15, 0.2) is 78.2 Å². The Labute approximate surface area is 230 Å². The van der Waals surface area contributed by atoms with Gasteiger partial charge in [0.15, 0.2) is 5.82 Å². The number of nitrogens with zero attached hydrogens (tertiary/aromatic N) is 5. The van der Waals surface area contributed by atoms with Crippen molar-refractivity contribution in [2.45, 2.75) is 6.54 Å². The summed E-state index contributed by atoms with van der Waals surface area (Å²) < 4.78 is 18.6. The quantitative estimate of drug-likeness (QED) is 0.328. The second kappa shape index (κ2) is 12.0. The lowest BCUT2D eigenvalue weighted by Crippen LogP contribution is -2.52. The van der Waals surface area contributed by atoms with Gasteiger partial charge in [-0.25, -0.2) is 4.39 Å². The molecule has 0 N–H and O–H groups in total. The topological polar surface area (TPSA) is 78.9 Å². The lowest BCUT2D eigenvalue weighted by Gasteiger charge is -2.36. The second-order valence-corrected chi connectivity index (χ2v) is 10.1. The van der Waals surface area contributed by atoms with Crippen molar-refractivity contribution in [3.05, 3.63) is 94.4 Å². The molecule has 2 amide bonds. The van der Waals surface area contributed by atoms with E-state index in [2.05, 4.69) is 15.1 Å². The number of methoxy groups -OCH3 is 1. The smallest absolute Gasteiger partial charge is 0.264 e. The van der Waals surface area contributed by atoms with Gasteiger partial charge in [-0.05, 0) is 65.5 Å². The van der Waals surface area contributed by atoms with E-state index in [9.17, 15) is 14.0 Å². The maximum absolute atomic E-state index is 13.4. The number of amides is 2. The molecule has 0 spiro atoms. The van der Waals surface area contributed by atoms with E-state index in [4.69, 9.17) is 4.74 Å². The van der Waals surface area contributed by atoms with Crippen molar-refractivity contribution in [3.63, 3.8) is 0 Å². The van der Waals surface area contributed by atoms with Crippen LogP contribution in [0.2, 0.25) is 0 Å². The normalized spacial score (nSPS) is 13.3. The average molecular weight is 546 g/mol. The standard InChI is InChI=1S/C29H28FN5O3S/c1-38-24-10-6-22(7-11-24)25-12-13-27(32-31-25)33-14-16-34(17-15-33)28(36)20-35(29(37)26-3-2-18-39-26)19-21-4-8-23(30)9-5-21/h2-13,18H,14-17,19-20H2,1H3. The van der Waals surface area contributed by atoms with Gasteiger partial charge in [0.1, 0.15) is 18.1 Å². The summed E-state index contributed by atoms with van der Waals surface area (Å²) >= 11 is 1.33. The summed E-state index contributed by atoms with van der Waals surface area (Å²) in [6, 6.07) is 21.1. The van der Waals surface area contributed by atoms with Gasteiger partial charge < -0.3 is 19.4 Å². The van der Waals surface area contributed by atoms with Crippen LogP contribution in [0.3, 0.4) is 0 Å². The van der Waals surface area contributed by atoms with Crippen LogP contribution in [0.4, 0.5) is 10.2 Å². The Bertz CT molecular complexity index is 1390. The van der Waals surface area contributed by atoms with E-state index in [1.165, 1.54) is 28.4 Å². The number of halogens is 1. The molecule has 5 rings (SSSR count). The zero-order valence-corrected chi connectivity index (χ0v) is 22.3. The number of anilines is 1. The predicted octanol–water partition coefficient (Wildman–Crippen LogP) is 4.34. The average Bonchev–Trinajstić information content (AvgIpc) is 3.53. The van der Waals surface area contributed by atoms with Crippen molar-refractivity contribution in [1.82, 2.24) is 20.0 Å². The number of rotatable bonds is 8. The molecular formula is C29H28FN5O3S. The largest absolute Gasteiger partial charge is 0.497 e. The summed E-state index contributed by atoms with van der Waals surface area (Å²) in [7, 11) is 1.63. The third kappa shape index (κ3) is 6.40. The van der Waals surface area contributed by atoms with Gasteiger partial charge in [0.05, 0.1) is 17.7 Å². The molecule has 2 aromatic carbocycles. The fourth-order valence-electron chi connectivity index (χ4n) is 4.42. The van der Waals surface area contributed by atoms with Gasteiger partial charge in [0.2, 0.25) is 5.91 Å². The summed E-state index contributed by atoms with van der Waals surface area (Å²) in [6.45, 7) is 2.41. The van der Waals surface area contributed by atoms with Gasteiger partial charge in [-0.1, -0.05) is 18.2 Å². The van der Waals surface area contributed by atoms with E-state index in [0.29, 0.717) is 31.1 Å². The molecule has 0 radical (unpaired) electrons. The molecule has 0 unspecified atom stereocenters. The number of hydrogen-bond donors (Lipinski definition) is 0. The minimum atomic E-state index is -0.344. The first-order valence-corrected chi connectivity index (χ1v) is 13.5. The summed E-state index contributed by atoms with van der Waals surface area (Å²) in [5, 5.41) is 10.6. The molecule has 2 aromatic heterocycles. The fraction of sp³-hybridized carbons (Fsp3) is 0.241. The third-order valence-electron chi connectivity index (χ3n) is 6.62. The fourth-order valence-corrected chi connectivity index (χ4v) is 5.11. The first kappa shape index (κ1) is 26.3. The van der Waals surface area contributed by atoms with E-state index >= 15 is 0 Å². The molecule has 0 bridgehead atoms. The number of carbonyl (C=O) groups excluding carboxylic acids is 2. The van der Waals surface area contributed by atoms with Gasteiger partial charge in [-0.15, -0.1) is 21.5 Å². The number of benzene rings is 2. The highest BCUT2D eigenvalue weighted by Gasteiger charge is 2.26. The number of thiophene rings is 1. The van der Waals surface area contributed by atoms with Crippen LogP contribution in [0.5, 0.6) is 5.75 Å². The molecule has 1 aliphatic rings. The SMILES string of the molecule is COc1ccc(-c2ccc(N3CCN(C(=O)CN(Cc4ccc(F)cc4)C(=O)c4cccs4)CC3)nn2)cc1. The van der Waals surface area contributed by atoms with Gasteiger partial charge in [0.25, 0.3) is 5.91 Å². The maximum Gasteiger partial charge on any atom is 0.264 e. The second-order valence-electron chi connectivity index (χ2n) is 9.14. The molecule has 3 heterocycles. The van der Waals surface area contributed by atoms with Crippen LogP contribution in [0.1, 0.15) is 15.2 Å². The van der Waals surface area contributed by atoms with Gasteiger partial charge in [-0.3, -0.25) is 9.59 Å². The van der Waals surface area contributed by atoms with Crippen LogP contribution in [-0.2, 0) is 11.3 Å². The van der Waals surface area contributed by atoms with Crippen LogP contribution < -0.4 is 9.64 Å². The first-order chi connectivity index (χ1) is 19.0. The Morgan fingerprint density at radius 1 is 0.949 bits per heavy atom. The van der Waals surface area contributed by atoms with Crippen molar-refractivity contribution in [2.75, 3.05) is 44.7 Å². The number of ether oxygens (including phenoxy) is 1. The highest BCUT2D eigenvalue weighted by Crippen LogP contribution is 2.22. The Balaban J connectivity index is 1.20. The first-order valence-electron chi connectivity index (χ1n) is 12.6. The molecule has 39 heavy (non-hydrogen) atoms. The Kier molecular flexibility index (Phi) is 8.12. The number of aromatic nitrogens is 2. The van der Waals surface area contributed by atoms with Gasteiger partial charge in [0, 0.05) is 38.3 Å². The minimum absolute atomic E-state index is 0.0511. The Morgan fingerprint density at radius 3 is 2.31 bits per heavy atom. The van der Waals surface area contributed by atoms with E-state index in [0.717, 1.165) is 28.4 Å². The minimum Gasteiger partial charge on any atom is -0.497 e. The zero-order valence-electron chi connectivity index (χ0n) is 21.5. The summed E-state index contributed by atoms with van der Waals surface area (Å²) in [4.78, 5) is 32.4. The summed E-state index contributed by atoms with van der Waals surface area (Å²) in [5.74, 6) is 0.857. The van der Waals surface area contributed by atoms with Crippen molar-refractivity contribution in [1.29, 1.82) is 0 Å². The molecule has 0 atom stereocenters. The van der Waals surface area contributed by atoms with Crippen LogP contribution in [0, 0.1) is 5.82 Å². The molecule has 4 aromatic rings. The van der Waals surface area contributed by atoms with Gasteiger partial charge in [-0.2, -0.15) is 0 Å². The Hall–Kier alpha value is -4.31. The number of carbonyl (C=O) groups is 2. The molecular weight excluding hydrogens is 517 g/mol. The van der Waals surface area contributed by atoms with Crippen LogP contribution >= 0.6 is 11.3 Å². The van der Waals surface area contributed by atoms with E-state index in [-0.39, 0.29) is 30.7 Å². The molecule has 10 heteroatoms. The van der Waals surface area contributed by atoms with Crippen molar-refractivity contribution < 1.29 is 18.7 Å². The predicted molar refractivity (Wildman–Crippen MR) is 148 cm³/mol. The van der Waals surface area contributed by atoms with Gasteiger partial charge >= 0.3 is 0 Å². The molecule has 8 nitrogen and oxygen atoms in total. The summed E-state index contributed by atoms with van der Waals surface area (Å²) in [5.41, 5.74) is 2.48.